The van der Waals surface area contributed by atoms with Crippen molar-refractivity contribution in [1.29, 1.82) is 0 Å². The lowest BCUT2D eigenvalue weighted by Gasteiger charge is -2.66. The molecule has 1 heterocycles. The molecule has 2 amide bonds. The quantitative estimate of drug-likeness (QED) is 0.378. The Kier molecular flexibility index (Phi) is 7.01. The van der Waals surface area contributed by atoms with Gasteiger partial charge in [0.15, 0.2) is 0 Å². The van der Waals surface area contributed by atoms with E-state index in [0.29, 0.717) is 6.54 Å². The fraction of sp³-hybridized carbons (Fsp3) is 0.714. The summed E-state index contributed by atoms with van der Waals surface area (Å²) in [4.78, 5) is 30.2. The Morgan fingerprint density at radius 1 is 1.13 bits per heavy atom. The van der Waals surface area contributed by atoms with Crippen LogP contribution >= 0.6 is 34.8 Å². The number of benzene rings is 1. The Hall–Kier alpha value is -1.57. The first-order valence-corrected chi connectivity index (χ1v) is 14.5. The number of carbonyl (C=O) groups excluding carboxylic acids is 2. The lowest BCUT2D eigenvalue weighted by atomic mass is 9.43. The van der Waals surface area contributed by atoms with Crippen molar-refractivity contribution in [2.45, 2.75) is 86.2 Å². The number of rotatable bonds is 3. The lowest BCUT2D eigenvalue weighted by Crippen LogP contribution is -2.71. The zero-order valence-corrected chi connectivity index (χ0v) is 25.0. The molecule has 1 aliphatic heterocycles. The van der Waals surface area contributed by atoms with E-state index in [1.54, 1.807) is 19.1 Å². The average Bonchev–Trinajstić information content (AvgIpc) is 3.06. The van der Waals surface area contributed by atoms with Crippen LogP contribution in [0.2, 0.25) is 0 Å². The van der Waals surface area contributed by atoms with Gasteiger partial charge in [-0.15, -0.1) is 0 Å². The molecule has 3 aliphatic carbocycles. The minimum Gasteiger partial charge on any atom is -0.497 e. The number of halogens is 3. The summed E-state index contributed by atoms with van der Waals surface area (Å²) >= 11 is 17.5. The highest BCUT2D eigenvalue weighted by molar-refractivity contribution is 6.67. The summed E-state index contributed by atoms with van der Waals surface area (Å²) in [5, 5.41) is 0. The standard InChI is InChI=1S/C28H37Cl3N2O5/c1-25(2,3)38-24(35)33-13-12-27-19-8-10-26(27,22(33)14-17-6-7-18(36-5)15-20(17)27)11-9-21(19)32(4)23(34)37-16-28(29,30)31/h6-7,15,19,21-22H,8-14,16H2,1-5H3. The molecule has 0 spiro atoms. The van der Waals surface area contributed by atoms with E-state index in [1.807, 2.05) is 31.7 Å². The van der Waals surface area contributed by atoms with E-state index in [1.165, 1.54) is 11.1 Å². The van der Waals surface area contributed by atoms with Crippen molar-refractivity contribution >= 4 is 47.0 Å². The molecule has 5 atom stereocenters. The second kappa shape index (κ2) is 9.52. The number of fused-ring (bicyclic) bond motifs is 1. The number of ether oxygens (including phenoxy) is 3. The van der Waals surface area contributed by atoms with Crippen LogP contribution in [0.15, 0.2) is 18.2 Å². The topological polar surface area (TPSA) is 68.3 Å². The third kappa shape index (κ3) is 4.41. The minimum absolute atomic E-state index is 0.0284. The zero-order chi connectivity index (χ0) is 27.7. The summed E-state index contributed by atoms with van der Waals surface area (Å²) in [5.41, 5.74) is 1.71. The highest BCUT2D eigenvalue weighted by atomic mass is 35.6. The molecule has 5 unspecified atom stereocenters. The molecule has 1 aromatic rings. The predicted octanol–water partition coefficient (Wildman–Crippen LogP) is 6.50. The number of nitrogens with zero attached hydrogens (tertiary/aromatic N) is 2. The maximum atomic E-state index is 13.5. The predicted molar refractivity (Wildman–Crippen MR) is 147 cm³/mol. The molecule has 2 saturated carbocycles. The number of methoxy groups -OCH3 is 1. The molecule has 210 valence electrons. The van der Waals surface area contributed by atoms with E-state index < -0.39 is 15.5 Å². The molecule has 0 N–H and O–H groups in total. The van der Waals surface area contributed by atoms with Gasteiger partial charge in [-0.1, -0.05) is 40.9 Å². The molecule has 0 aromatic heterocycles. The normalized spacial score (nSPS) is 31.7. The third-order valence-corrected chi connectivity index (χ3v) is 9.85. The summed E-state index contributed by atoms with van der Waals surface area (Å²) in [6.07, 6.45) is 4.55. The third-order valence-electron chi connectivity index (χ3n) is 9.52. The molecule has 4 aliphatic rings. The van der Waals surface area contributed by atoms with E-state index in [0.717, 1.165) is 44.3 Å². The van der Waals surface area contributed by atoms with Gasteiger partial charge in [-0.2, -0.15) is 0 Å². The molecular weight excluding hydrogens is 551 g/mol. The first kappa shape index (κ1) is 28.0. The molecule has 38 heavy (non-hydrogen) atoms. The lowest BCUT2D eigenvalue weighted by molar-refractivity contribution is -0.103. The minimum atomic E-state index is -1.66. The van der Waals surface area contributed by atoms with Gasteiger partial charge in [-0.05, 0) is 88.5 Å². The van der Waals surface area contributed by atoms with Crippen molar-refractivity contribution in [1.82, 2.24) is 9.80 Å². The monoisotopic (exact) mass is 586 g/mol. The van der Waals surface area contributed by atoms with Crippen LogP contribution in [0, 0.1) is 11.3 Å². The Labute approximate surface area is 240 Å². The summed E-state index contributed by atoms with van der Waals surface area (Å²) < 4.78 is 15.3. The summed E-state index contributed by atoms with van der Waals surface area (Å²) in [6, 6.07) is 6.37. The summed E-state index contributed by atoms with van der Waals surface area (Å²) in [5.74, 6) is 1.04. The number of likely N-dealkylation sites (tertiary alicyclic amines) is 1. The van der Waals surface area contributed by atoms with Crippen LogP contribution in [-0.4, -0.2) is 70.8 Å². The van der Waals surface area contributed by atoms with Crippen molar-refractivity contribution in [3.63, 3.8) is 0 Å². The molecule has 10 heteroatoms. The van der Waals surface area contributed by atoms with E-state index in [9.17, 15) is 9.59 Å². The van der Waals surface area contributed by atoms with E-state index >= 15 is 0 Å². The number of amides is 2. The van der Waals surface area contributed by atoms with Crippen LogP contribution in [0.4, 0.5) is 9.59 Å². The SMILES string of the molecule is COc1ccc2c(c1)C13CCN(C(=O)OC(C)(C)C)C(C2)C12CCC(N(C)C(=O)OCC(Cl)(Cl)Cl)C3CC2. The molecule has 0 radical (unpaired) electrons. The van der Waals surface area contributed by atoms with Gasteiger partial charge in [-0.25, -0.2) is 9.59 Å². The number of hydrogen-bond acceptors (Lipinski definition) is 5. The fourth-order valence-electron chi connectivity index (χ4n) is 8.32. The van der Waals surface area contributed by atoms with E-state index in [4.69, 9.17) is 49.0 Å². The van der Waals surface area contributed by atoms with Gasteiger partial charge in [0, 0.05) is 36.5 Å². The van der Waals surface area contributed by atoms with Crippen LogP contribution < -0.4 is 4.74 Å². The summed E-state index contributed by atoms with van der Waals surface area (Å²) in [6.45, 7) is 6.04. The van der Waals surface area contributed by atoms with E-state index in [-0.39, 0.29) is 41.5 Å². The van der Waals surface area contributed by atoms with Crippen LogP contribution in [0.3, 0.4) is 0 Å². The van der Waals surface area contributed by atoms with Gasteiger partial charge in [0.05, 0.1) is 7.11 Å². The first-order chi connectivity index (χ1) is 17.7. The van der Waals surface area contributed by atoms with Crippen molar-refractivity contribution in [3.05, 3.63) is 29.3 Å². The van der Waals surface area contributed by atoms with E-state index in [2.05, 4.69) is 12.1 Å². The number of hydrogen-bond donors (Lipinski definition) is 0. The zero-order valence-electron chi connectivity index (χ0n) is 22.7. The maximum absolute atomic E-state index is 13.5. The fourth-order valence-corrected chi connectivity index (χ4v) is 8.48. The first-order valence-electron chi connectivity index (χ1n) is 13.4. The molecule has 3 fully saturated rings. The van der Waals surface area contributed by atoms with Crippen LogP contribution in [0.5, 0.6) is 5.75 Å². The van der Waals surface area contributed by atoms with Gasteiger partial charge in [0.1, 0.15) is 18.0 Å². The van der Waals surface area contributed by atoms with Crippen molar-refractivity contribution in [2.75, 3.05) is 27.3 Å². The van der Waals surface area contributed by atoms with Crippen molar-refractivity contribution in [3.8, 4) is 5.75 Å². The van der Waals surface area contributed by atoms with Crippen LogP contribution in [0.25, 0.3) is 0 Å². The molecule has 1 aromatic carbocycles. The van der Waals surface area contributed by atoms with Gasteiger partial charge < -0.3 is 24.0 Å². The van der Waals surface area contributed by atoms with Gasteiger partial charge in [0.2, 0.25) is 3.79 Å². The Morgan fingerprint density at radius 3 is 2.50 bits per heavy atom. The van der Waals surface area contributed by atoms with Gasteiger partial charge in [0.25, 0.3) is 0 Å². The highest BCUT2D eigenvalue weighted by Gasteiger charge is 2.72. The molecular formula is C28H37Cl3N2O5. The number of piperidine rings is 1. The van der Waals surface area contributed by atoms with Crippen LogP contribution in [-0.2, 0) is 21.3 Å². The van der Waals surface area contributed by atoms with Crippen LogP contribution in [0.1, 0.15) is 64.0 Å². The van der Waals surface area contributed by atoms with Gasteiger partial charge >= 0.3 is 12.2 Å². The smallest absolute Gasteiger partial charge is 0.410 e. The number of carbonyl (C=O) groups is 2. The number of alkyl halides is 3. The van der Waals surface area contributed by atoms with Crippen molar-refractivity contribution < 1.29 is 23.8 Å². The Morgan fingerprint density at radius 2 is 1.84 bits per heavy atom. The highest BCUT2D eigenvalue weighted by Crippen LogP contribution is 2.72. The Bertz CT molecular complexity index is 1120. The van der Waals surface area contributed by atoms with Gasteiger partial charge in [-0.3, -0.25) is 0 Å². The molecule has 1 saturated heterocycles. The summed E-state index contributed by atoms with van der Waals surface area (Å²) in [7, 11) is 3.48. The second-order valence-electron chi connectivity index (χ2n) is 12.3. The molecule has 5 rings (SSSR count). The Balaban J connectivity index is 1.54. The largest absolute Gasteiger partial charge is 0.497 e. The second-order valence-corrected chi connectivity index (χ2v) is 14.8. The average molecular weight is 588 g/mol. The maximum Gasteiger partial charge on any atom is 0.410 e. The molecule has 4 bridgehead atoms. The molecule has 7 nitrogen and oxygen atoms in total. The van der Waals surface area contributed by atoms with Crippen molar-refractivity contribution in [2.24, 2.45) is 11.3 Å².